The van der Waals surface area contributed by atoms with Crippen LogP contribution in [0.3, 0.4) is 0 Å². The van der Waals surface area contributed by atoms with Crippen LogP contribution in [-0.2, 0) is 4.79 Å². The van der Waals surface area contributed by atoms with E-state index in [9.17, 15) is 14.0 Å². The van der Waals surface area contributed by atoms with Gasteiger partial charge in [0.05, 0.1) is 10.6 Å². The number of nitrogens with one attached hydrogen (secondary N) is 1. The van der Waals surface area contributed by atoms with Crippen molar-refractivity contribution in [3.63, 3.8) is 0 Å². The predicted molar refractivity (Wildman–Crippen MR) is 107 cm³/mol. The van der Waals surface area contributed by atoms with E-state index in [2.05, 4.69) is 15.4 Å². The van der Waals surface area contributed by atoms with Crippen LogP contribution in [0.4, 0.5) is 4.39 Å². The van der Waals surface area contributed by atoms with Crippen molar-refractivity contribution in [2.75, 3.05) is 19.6 Å². The van der Waals surface area contributed by atoms with E-state index in [4.69, 9.17) is 0 Å². The molecule has 0 aliphatic carbocycles. The zero-order valence-electron chi connectivity index (χ0n) is 15.7. The molecular weight excluding hydrogens is 393 g/mol. The summed E-state index contributed by atoms with van der Waals surface area (Å²) in [6.45, 7) is 1.86. The van der Waals surface area contributed by atoms with Gasteiger partial charge in [0.15, 0.2) is 5.82 Å². The number of hydrogen-bond acceptors (Lipinski definition) is 5. The van der Waals surface area contributed by atoms with E-state index in [0.717, 1.165) is 17.8 Å². The Morgan fingerprint density at radius 3 is 2.76 bits per heavy atom. The van der Waals surface area contributed by atoms with E-state index in [1.165, 1.54) is 23.5 Å². The summed E-state index contributed by atoms with van der Waals surface area (Å²) in [7, 11) is 0. The standard InChI is InChI=1S/C20H20FN5O2S/c21-14-6-8-15(9-7-14)26-19(16-4-2-13-29-16)23-18(24-26)20(28)22-10-3-12-25-11-1-5-17(25)27/h2,4,6-9,13H,1,3,5,10-12H2,(H,22,28). The number of amides is 2. The number of halogens is 1. The average Bonchev–Trinajstić information content (AvgIpc) is 3.46. The number of hydrogen-bond donors (Lipinski definition) is 1. The Kier molecular flexibility index (Phi) is 5.66. The predicted octanol–water partition coefficient (Wildman–Crippen LogP) is 2.88. The molecule has 7 nitrogen and oxygen atoms in total. The van der Waals surface area contributed by atoms with Gasteiger partial charge in [0.25, 0.3) is 5.91 Å². The lowest BCUT2D eigenvalue weighted by atomic mass is 10.3. The van der Waals surface area contributed by atoms with Crippen LogP contribution in [-0.4, -0.2) is 51.1 Å². The molecule has 1 N–H and O–H groups in total. The quantitative estimate of drug-likeness (QED) is 0.604. The third-order valence-electron chi connectivity index (χ3n) is 4.68. The summed E-state index contributed by atoms with van der Waals surface area (Å²) in [5.41, 5.74) is 0.619. The van der Waals surface area contributed by atoms with Gasteiger partial charge in [-0.1, -0.05) is 6.07 Å². The van der Waals surface area contributed by atoms with Crippen molar-refractivity contribution in [2.45, 2.75) is 19.3 Å². The van der Waals surface area contributed by atoms with Crippen LogP contribution in [0.1, 0.15) is 29.9 Å². The Bertz CT molecular complexity index is 1000. The molecule has 0 spiro atoms. The van der Waals surface area contributed by atoms with Crippen molar-refractivity contribution in [1.82, 2.24) is 25.0 Å². The summed E-state index contributed by atoms with van der Waals surface area (Å²) in [6.07, 6.45) is 2.19. The molecule has 1 aliphatic heterocycles. The fourth-order valence-corrected chi connectivity index (χ4v) is 3.93. The first-order valence-corrected chi connectivity index (χ1v) is 10.3. The molecule has 2 amide bonds. The van der Waals surface area contributed by atoms with Gasteiger partial charge < -0.3 is 10.2 Å². The molecular formula is C20H20FN5O2S. The molecule has 0 saturated carbocycles. The van der Waals surface area contributed by atoms with Crippen LogP contribution in [0.2, 0.25) is 0 Å². The van der Waals surface area contributed by atoms with Crippen molar-refractivity contribution < 1.29 is 14.0 Å². The normalized spacial score (nSPS) is 13.8. The van der Waals surface area contributed by atoms with E-state index >= 15 is 0 Å². The molecule has 1 aromatic carbocycles. The maximum atomic E-state index is 13.3. The highest BCUT2D eigenvalue weighted by Crippen LogP contribution is 2.25. The molecule has 4 rings (SSSR count). The topological polar surface area (TPSA) is 80.1 Å². The van der Waals surface area contributed by atoms with Crippen LogP contribution in [0.5, 0.6) is 0 Å². The lowest BCUT2D eigenvalue weighted by molar-refractivity contribution is -0.127. The van der Waals surface area contributed by atoms with Gasteiger partial charge in [0.1, 0.15) is 5.82 Å². The first-order valence-electron chi connectivity index (χ1n) is 9.44. The Balaban J connectivity index is 1.47. The molecule has 2 aromatic heterocycles. The minimum absolute atomic E-state index is 0.0509. The Morgan fingerprint density at radius 1 is 1.24 bits per heavy atom. The second kappa shape index (κ2) is 8.52. The van der Waals surface area contributed by atoms with E-state index in [1.54, 1.807) is 16.8 Å². The third-order valence-corrected chi connectivity index (χ3v) is 5.55. The summed E-state index contributed by atoms with van der Waals surface area (Å²) in [5, 5.41) is 9.07. The number of benzene rings is 1. The molecule has 0 radical (unpaired) electrons. The van der Waals surface area contributed by atoms with Gasteiger partial charge in [0.2, 0.25) is 11.7 Å². The molecule has 1 aliphatic rings. The summed E-state index contributed by atoms with van der Waals surface area (Å²) in [4.78, 5) is 31.3. The van der Waals surface area contributed by atoms with Gasteiger partial charge in [-0.05, 0) is 48.6 Å². The zero-order valence-corrected chi connectivity index (χ0v) is 16.5. The minimum Gasteiger partial charge on any atom is -0.349 e. The third kappa shape index (κ3) is 4.34. The molecule has 1 fully saturated rings. The number of likely N-dealkylation sites (tertiary alicyclic amines) is 1. The summed E-state index contributed by atoms with van der Waals surface area (Å²) < 4.78 is 14.8. The van der Waals surface area contributed by atoms with Crippen molar-refractivity contribution in [3.8, 4) is 16.4 Å². The zero-order chi connectivity index (χ0) is 20.2. The first-order chi connectivity index (χ1) is 14.1. The van der Waals surface area contributed by atoms with Crippen molar-refractivity contribution in [2.24, 2.45) is 0 Å². The number of carbonyl (C=O) groups is 2. The Morgan fingerprint density at radius 2 is 2.07 bits per heavy atom. The lowest BCUT2D eigenvalue weighted by Crippen LogP contribution is -2.31. The minimum atomic E-state index is -0.378. The van der Waals surface area contributed by atoms with Crippen LogP contribution in [0, 0.1) is 5.82 Å². The van der Waals surface area contributed by atoms with Crippen molar-refractivity contribution >= 4 is 23.2 Å². The van der Waals surface area contributed by atoms with E-state index in [0.29, 0.717) is 37.4 Å². The molecule has 1 saturated heterocycles. The van der Waals surface area contributed by atoms with E-state index < -0.39 is 0 Å². The van der Waals surface area contributed by atoms with Gasteiger partial charge in [-0.25, -0.2) is 14.1 Å². The number of nitrogens with zero attached hydrogens (tertiary/aromatic N) is 4. The average molecular weight is 413 g/mol. The molecule has 3 heterocycles. The smallest absolute Gasteiger partial charge is 0.290 e. The van der Waals surface area contributed by atoms with Crippen LogP contribution in [0.25, 0.3) is 16.4 Å². The van der Waals surface area contributed by atoms with Crippen molar-refractivity contribution in [3.05, 3.63) is 53.4 Å². The second-order valence-corrected chi connectivity index (χ2v) is 7.67. The first kappa shape index (κ1) is 19.3. The lowest BCUT2D eigenvalue weighted by Gasteiger charge is -2.14. The molecule has 0 atom stereocenters. The molecule has 0 unspecified atom stereocenters. The second-order valence-electron chi connectivity index (χ2n) is 6.72. The van der Waals surface area contributed by atoms with Gasteiger partial charge in [-0.15, -0.1) is 16.4 Å². The summed E-state index contributed by atoms with van der Waals surface area (Å²) in [5.74, 6) is 0.0309. The van der Waals surface area contributed by atoms with Crippen LogP contribution >= 0.6 is 11.3 Å². The fraction of sp³-hybridized carbons (Fsp3) is 0.300. The SMILES string of the molecule is O=C(NCCCN1CCCC1=O)c1nc(-c2cccs2)n(-c2ccc(F)cc2)n1. The van der Waals surface area contributed by atoms with Crippen molar-refractivity contribution in [1.29, 1.82) is 0 Å². The Labute approximate surface area is 171 Å². The van der Waals surface area contributed by atoms with E-state index in [1.807, 2.05) is 22.4 Å². The van der Waals surface area contributed by atoms with Gasteiger partial charge in [-0.2, -0.15) is 0 Å². The fourth-order valence-electron chi connectivity index (χ4n) is 3.23. The molecule has 29 heavy (non-hydrogen) atoms. The summed E-state index contributed by atoms with van der Waals surface area (Å²) >= 11 is 1.48. The number of carbonyl (C=O) groups excluding carboxylic acids is 2. The highest BCUT2D eigenvalue weighted by atomic mass is 32.1. The molecule has 3 aromatic rings. The maximum absolute atomic E-state index is 13.3. The molecule has 150 valence electrons. The molecule has 0 bridgehead atoms. The number of aromatic nitrogens is 3. The maximum Gasteiger partial charge on any atom is 0.290 e. The Hall–Kier alpha value is -3.07. The summed E-state index contributed by atoms with van der Waals surface area (Å²) in [6, 6.07) is 9.65. The number of rotatable bonds is 7. The largest absolute Gasteiger partial charge is 0.349 e. The van der Waals surface area contributed by atoms with Crippen LogP contribution < -0.4 is 5.32 Å². The highest BCUT2D eigenvalue weighted by molar-refractivity contribution is 7.13. The highest BCUT2D eigenvalue weighted by Gasteiger charge is 2.21. The number of thiophene rings is 1. The van der Waals surface area contributed by atoms with Crippen LogP contribution in [0.15, 0.2) is 41.8 Å². The van der Waals surface area contributed by atoms with E-state index in [-0.39, 0.29) is 23.5 Å². The van der Waals surface area contributed by atoms with Gasteiger partial charge in [-0.3, -0.25) is 9.59 Å². The van der Waals surface area contributed by atoms with Gasteiger partial charge >= 0.3 is 0 Å². The monoisotopic (exact) mass is 413 g/mol. The molecule has 9 heteroatoms. The van der Waals surface area contributed by atoms with Gasteiger partial charge in [0, 0.05) is 26.1 Å².